The third kappa shape index (κ3) is 1.49. The molecule has 72 valence electrons. The van der Waals surface area contributed by atoms with E-state index >= 15 is 0 Å². The second-order valence-electron chi connectivity index (χ2n) is 3.51. The molecule has 0 saturated heterocycles. The summed E-state index contributed by atoms with van der Waals surface area (Å²) < 4.78 is 1.22. The Balaban J connectivity index is 2.55. The molecule has 1 nitrogen and oxygen atoms in total. The molecule has 0 radical (unpaired) electrons. The van der Waals surface area contributed by atoms with E-state index in [-0.39, 0.29) is 0 Å². The molecule has 3 aromatic rings. The highest BCUT2D eigenvalue weighted by Gasteiger charge is 2.00. The fourth-order valence-corrected chi connectivity index (χ4v) is 2.31. The van der Waals surface area contributed by atoms with Gasteiger partial charge < -0.3 is 0 Å². The zero-order valence-electron chi connectivity index (χ0n) is 7.94. The summed E-state index contributed by atoms with van der Waals surface area (Å²) in [5, 5.41) is 3.71. The average Bonchev–Trinajstić information content (AvgIpc) is 2.28. The highest BCUT2D eigenvalue weighted by Crippen LogP contribution is 2.24. The highest BCUT2D eigenvalue weighted by atomic mass is 127. The number of pyridine rings is 1. The van der Waals surface area contributed by atoms with E-state index < -0.39 is 0 Å². The van der Waals surface area contributed by atoms with E-state index in [9.17, 15) is 0 Å². The van der Waals surface area contributed by atoms with Crippen molar-refractivity contribution in [3.63, 3.8) is 0 Å². The molecule has 3 rings (SSSR count). The summed E-state index contributed by atoms with van der Waals surface area (Å²) in [6.07, 6.45) is 1.94. The first-order valence-corrected chi connectivity index (χ1v) is 5.85. The van der Waals surface area contributed by atoms with Crippen LogP contribution >= 0.6 is 22.6 Å². The Bertz CT molecular complexity index is 646. The third-order valence-corrected chi connectivity index (χ3v) is 3.22. The molecule has 1 aromatic heterocycles. The summed E-state index contributed by atoms with van der Waals surface area (Å²) in [5.41, 5.74) is 1.07. The van der Waals surface area contributed by atoms with E-state index in [1.54, 1.807) is 0 Å². The van der Waals surface area contributed by atoms with Gasteiger partial charge in [0.15, 0.2) is 0 Å². The molecule has 0 aliphatic carbocycles. The van der Waals surface area contributed by atoms with Crippen LogP contribution in [0.5, 0.6) is 0 Å². The van der Waals surface area contributed by atoms with Gasteiger partial charge in [0.1, 0.15) is 0 Å². The van der Waals surface area contributed by atoms with E-state index in [1.165, 1.54) is 19.7 Å². The maximum atomic E-state index is 4.47. The fourth-order valence-electron chi connectivity index (χ4n) is 1.83. The Labute approximate surface area is 101 Å². The second-order valence-corrected chi connectivity index (χ2v) is 4.75. The molecule has 0 saturated carbocycles. The zero-order chi connectivity index (χ0) is 10.3. The van der Waals surface area contributed by atoms with Crippen LogP contribution in [-0.4, -0.2) is 4.98 Å². The van der Waals surface area contributed by atoms with Gasteiger partial charge in [-0.25, -0.2) is 0 Å². The maximum absolute atomic E-state index is 4.47. The van der Waals surface area contributed by atoms with Crippen molar-refractivity contribution in [3.8, 4) is 0 Å². The predicted octanol–water partition coefficient (Wildman–Crippen LogP) is 3.99. The number of rotatable bonds is 0. The van der Waals surface area contributed by atoms with Gasteiger partial charge in [0.2, 0.25) is 0 Å². The Morgan fingerprint density at radius 3 is 2.73 bits per heavy atom. The van der Waals surface area contributed by atoms with Crippen LogP contribution in [-0.2, 0) is 0 Å². The van der Waals surface area contributed by atoms with Crippen LogP contribution < -0.4 is 0 Å². The van der Waals surface area contributed by atoms with Crippen molar-refractivity contribution in [3.05, 3.63) is 52.2 Å². The summed E-state index contributed by atoms with van der Waals surface area (Å²) in [5.74, 6) is 0. The molecule has 0 amide bonds. The highest BCUT2D eigenvalue weighted by molar-refractivity contribution is 14.1. The van der Waals surface area contributed by atoms with Gasteiger partial charge in [0.25, 0.3) is 0 Å². The molecule has 0 aliphatic heterocycles. The lowest BCUT2D eigenvalue weighted by atomic mass is 10.1. The minimum Gasteiger partial charge on any atom is -0.256 e. The monoisotopic (exact) mass is 305 g/mol. The van der Waals surface area contributed by atoms with Crippen LogP contribution in [0, 0.1) is 3.57 Å². The van der Waals surface area contributed by atoms with Crippen LogP contribution in [0.15, 0.2) is 48.7 Å². The first-order chi connectivity index (χ1) is 7.34. The summed E-state index contributed by atoms with van der Waals surface area (Å²) in [6.45, 7) is 0. The number of halogens is 1. The molecule has 0 N–H and O–H groups in total. The molecular weight excluding hydrogens is 297 g/mol. The van der Waals surface area contributed by atoms with Crippen molar-refractivity contribution in [1.82, 2.24) is 4.98 Å². The number of benzene rings is 2. The predicted molar refractivity (Wildman–Crippen MR) is 72.0 cm³/mol. The van der Waals surface area contributed by atoms with Crippen LogP contribution in [0.4, 0.5) is 0 Å². The van der Waals surface area contributed by atoms with Gasteiger partial charge in [-0.15, -0.1) is 0 Å². The number of fused-ring (bicyclic) bond motifs is 3. The lowest BCUT2D eigenvalue weighted by Gasteiger charge is -2.02. The summed E-state index contributed by atoms with van der Waals surface area (Å²) in [4.78, 5) is 4.47. The van der Waals surface area contributed by atoms with Gasteiger partial charge in [0, 0.05) is 20.5 Å². The summed E-state index contributed by atoms with van der Waals surface area (Å²) in [7, 11) is 0. The molecule has 0 spiro atoms. The van der Waals surface area contributed by atoms with Crippen molar-refractivity contribution >= 4 is 44.3 Å². The van der Waals surface area contributed by atoms with E-state index in [1.807, 2.05) is 12.3 Å². The van der Waals surface area contributed by atoms with Crippen LogP contribution in [0.25, 0.3) is 21.7 Å². The largest absolute Gasteiger partial charge is 0.256 e. The van der Waals surface area contributed by atoms with Crippen molar-refractivity contribution in [1.29, 1.82) is 0 Å². The second kappa shape index (κ2) is 3.45. The Morgan fingerprint density at radius 2 is 1.80 bits per heavy atom. The van der Waals surface area contributed by atoms with E-state index in [0.29, 0.717) is 0 Å². The van der Waals surface area contributed by atoms with Gasteiger partial charge in [-0.2, -0.15) is 0 Å². The first kappa shape index (κ1) is 9.09. The van der Waals surface area contributed by atoms with Crippen molar-refractivity contribution in [2.45, 2.75) is 0 Å². The van der Waals surface area contributed by atoms with Crippen LogP contribution in [0.1, 0.15) is 0 Å². The molecule has 0 unspecified atom stereocenters. The standard InChI is InChI=1S/C13H8IN/c14-10-5-6-12-11-4-2-1-3-9(11)8-15-13(12)7-10/h1-8H. The lowest BCUT2D eigenvalue weighted by molar-refractivity contribution is 1.44. The Kier molecular flexibility index (Phi) is 2.09. The SMILES string of the molecule is Ic1ccc2c(c1)ncc1ccccc12. The topological polar surface area (TPSA) is 12.9 Å². The van der Waals surface area contributed by atoms with Gasteiger partial charge in [0.05, 0.1) is 5.52 Å². The fraction of sp³-hybridized carbons (Fsp3) is 0. The number of hydrogen-bond acceptors (Lipinski definition) is 1. The van der Waals surface area contributed by atoms with Gasteiger partial charge >= 0.3 is 0 Å². The van der Waals surface area contributed by atoms with Crippen molar-refractivity contribution < 1.29 is 0 Å². The normalized spacial score (nSPS) is 11.0. The van der Waals surface area contributed by atoms with E-state index in [2.05, 4.69) is 64.0 Å². The first-order valence-electron chi connectivity index (χ1n) is 4.77. The Hall–Kier alpha value is -1.16. The van der Waals surface area contributed by atoms with Crippen molar-refractivity contribution in [2.24, 2.45) is 0 Å². The van der Waals surface area contributed by atoms with Crippen molar-refractivity contribution in [2.75, 3.05) is 0 Å². The van der Waals surface area contributed by atoms with Crippen LogP contribution in [0.3, 0.4) is 0 Å². The Morgan fingerprint density at radius 1 is 0.933 bits per heavy atom. The third-order valence-electron chi connectivity index (χ3n) is 2.55. The number of hydrogen-bond donors (Lipinski definition) is 0. The summed E-state index contributed by atoms with van der Waals surface area (Å²) >= 11 is 2.31. The molecule has 0 atom stereocenters. The van der Waals surface area contributed by atoms with Gasteiger partial charge in [-0.3, -0.25) is 4.98 Å². The molecule has 15 heavy (non-hydrogen) atoms. The molecule has 2 aromatic carbocycles. The number of nitrogens with zero attached hydrogens (tertiary/aromatic N) is 1. The average molecular weight is 305 g/mol. The van der Waals surface area contributed by atoms with E-state index in [0.717, 1.165) is 5.52 Å². The molecular formula is C13H8IN. The minimum atomic E-state index is 1.07. The van der Waals surface area contributed by atoms with Crippen LogP contribution in [0.2, 0.25) is 0 Å². The van der Waals surface area contributed by atoms with Gasteiger partial charge in [-0.05, 0) is 40.1 Å². The molecule has 0 aliphatic rings. The minimum absolute atomic E-state index is 1.07. The summed E-state index contributed by atoms with van der Waals surface area (Å²) in [6, 6.07) is 14.7. The van der Waals surface area contributed by atoms with Gasteiger partial charge in [-0.1, -0.05) is 30.3 Å². The quantitative estimate of drug-likeness (QED) is 0.452. The molecule has 0 bridgehead atoms. The molecule has 1 heterocycles. The number of aromatic nitrogens is 1. The lowest BCUT2D eigenvalue weighted by Crippen LogP contribution is -1.82. The van der Waals surface area contributed by atoms with E-state index in [4.69, 9.17) is 0 Å². The smallest absolute Gasteiger partial charge is 0.0718 e. The zero-order valence-corrected chi connectivity index (χ0v) is 10.1. The maximum Gasteiger partial charge on any atom is 0.0718 e. The molecule has 0 fully saturated rings. The molecule has 2 heteroatoms.